The van der Waals surface area contributed by atoms with Gasteiger partial charge in [-0.25, -0.2) is 4.98 Å². The summed E-state index contributed by atoms with van der Waals surface area (Å²) in [6.45, 7) is 2.20. The smallest absolute Gasteiger partial charge is 0.237 e. The molecule has 98 valence electrons. The molecule has 2 rings (SSSR count). The van der Waals surface area contributed by atoms with Crippen LogP contribution in [0.4, 0.5) is 5.82 Å². The number of amides is 1. The van der Waals surface area contributed by atoms with E-state index in [-0.39, 0.29) is 12.5 Å². The van der Waals surface area contributed by atoms with Gasteiger partial charge in [0.2, 0.25) is 5.91 Å². The average Bonchev–Trinajstić information content (AvgIpc) is 2.83. The minimum Gasteiger partial charge on any atom is -0.368 e. The summed E-state index contributed by atoms with van der Waals surface area (Å²) in [6, 6.07) is 4.31. The summed E-state index contributed by atoms with van der Waals surface area (Å²) in [5, 5.41) is 0. The minimum atomic E-state index is -0.302. The Kier molecular flexibility index (Phi) is 4.22. The highest BCUT2D eigenvalue weighted by molar-refractivity contribution is 9.10. The number of aryl methyl sites for hydroxylation is 1. The number of primary amides is 1. The van der Waals surface area contributed by atoms with Gasteiger partial charge in [0.25, 0.3) is 0 Å². The number of nitrogens with two attached hydrogens (primary N) is 1. The first-order valence-electron chi connectivity index (χ1n) is 6.26. The highest BCUT2D eigenvalue weighted by Gasteiger charge is 2.25. The number of carbonyl (C=O) groups is 1. The van der Waals surface area contributed by atoms with Crippen LogP contribution in [0.3, 0.4) is 0 Å². The van der Waals surface area contributed by atoms with Crippen LogP contribution in [-0.2, 0) is 4.79 Å². The Hall–Kier alpha value is -1.10. The molecule has 1 heterocycles. The van der Waals surface area contributed by atoms with Gasteiger partial charge in [0.1, 0.15) is 5.82 Å². The maximum atomic E-state index is 11.2. The standard InChI is InChI=1S/C13H18BrN3O/c1-9-11(14)6-7-13(16-9)17(8-12(15)18)10-4-2-3-5-10/h6-7,10H,2-5,8H2,1H3,(H2,15,18). The molecule has 4 nitrogen and oxygen atoms in total. The third-order valence-corrected chi connectivity index (χ3v) is 4.23. The molecule has 0 atom stereocenters. The molecule has 1 aliphatic rings. The summed E-state index contributed by atoms with van der Waals surface area (Å²) in [4.78, 5) is 17.8. The zero-order valence-corrected chi connectivity index (χ0v) is 12.1. The molecule has 0 bridgehead atoms. The minimum absolute atomic E-state index is 0.249. The van der Waals surface area contributed by atoms with E-state index < -0.39 is 0 Å². The summed E-state index contributed by atoms with van der Waals surface area (Å²) in [5.74, 6) is 0.547. The molecule has 5 heteroatoms. The van der Waals surface area contributed by atoms with Gasteiger partial charge >= 0.3 is 0 Å². The van der Waals surface area contributed by atoms with Gasteiger partial charge in [0.15, 0.2) is 0 Å². The lowest BCUT2D eigenvalue weighted by Crippen LogP contribution is -2.40. The zero-order valence-electron chi connectivity index (χ0n) is 10.5. The summed E-state index contributed by atoms with van der Waals surface area (Å²) in [7, 11) is 0. The normalized spacial score (nSPS) is 15.9. The van der Waals surface area contributed by atoms with Gasteiger partial charge in [-0.1, -0.05) is 12.8 Å². The van der Waals surface area contributed by atoms with Crippen molar-refractivity contribution in [3.05, 3.63) is 22.3 Å². The number of hydrogen-bond donors (Lipinski definition) is 1. The Morgan fingerprint density at radius 1 is 1.50 bits per heavy atom. The maximum Gasteiger partial charge on any atom is 0.237 e. The van der Waals surface area contributed by atoms with Gasteiger partial charge in [-0.2, -0.15) is 0 Å². The lowest BCUT2D eigenvalue weighted by Gasteiger charge is -2.29. The van der Waals surface area contributed by atoms with E-state index in [1.807, 2.05) is 19.1 Å². The van der Waals surface area contributed by atoms with E-state index in [0.29, 0.717) is 6.04 Å². The van der Waals surface area contributed by atoms with Gasteiger partial charge in [-0.3, -0.25) is 4.79 Å². The van der Waals surface area contributed by atoms with Crippen LogP contribution >= 0.6 is 15.9 Å². The second kappa shape index (κ2) is 5.69. The van der Waals surface area contributed by atoms with Crippen LogP contribution < -0.4 is 10.6 Å². The monoisotopic (exact) mass is 311 g/mol. The molecule has 1 saturated carbocycles. The Bertz CT molecular complexity index is 444. The molecule has 2 N–H and O–H groups in total. The quantitative estimate of drug-likeness (QED) is 0.928. The van der Waals surface area contributed by atoms with Crippen molar-refractivity contribution in [2.75, 3.05) is 11.4 Å². The third kappa shape index (κ3) is 3.02. The Balaban J connectivity index is 2.26. The Morgan fingerprint density at radius 2 is 2.17 bits per heavy atom. The highest BCUT2D eigenvalue weighted by atomic mass is 79.9. The highest BCUT2D eigenvalue weighted by Crippen LogP contribution is 2.28. The molecule has 0 unspecified atom stereocenters. The molecule has 1 aliphatic carbocycles. The molecular formula is C13H18BrN3O. The van der Waals surface area contributed by atoms with E-state index in [9.17, 15) is 4.79 Å². The number of rotatable bonds is 4. The van der Waals surface area contributed by atoms with E-state index in [1.54, 1.807) is 0 Å². The van der Waals surface area contributed by atoms with E-state index in [1.165, 1.54) is 12.8 Å². The van der Waals surface area contributed by atoms with Crippen LogP contribution in [0.25, 0.3) is 0 Å². The number of pyridine rings is 1. The van der Waals surface area contributed by atoms with Crippen molar-refractivity contribution in [3.8, 4) is 0 Å². The zero-order chi connectivity index (χ0) is 13.1. The van der Waals surface area contributed by atoms with Gasteiger partial charge in [0, 0.05) is 10.5 Å². The molecule has 0 radical (unpaired) electrons. The predicted octanol–water partition coefficient (Wildman–Crippen LogP) is 2.39. The van der Waals surface area contributed by atoms with E-state index in [4.69, 9.17) is 5.73 Å². The summed E-state index contributed by atoms with van der Waals surface area (Å²) in [6.07, 6.45) is 4.67. The van der Waals surface area contributed by atoms with Crippen LogP contribution in [0.5, 0.6) is 0 Å². The first kappa shape index (κ1) is 13.3. The molecule has 1 aromatic rings. The van der Waals surface area contributed by atoms with Gasteiger partial charge < -0.3 is 10.6 Å². The average molecular weight is 312 g/mol. The predicted molar refractivity (Wildman–Crippen MR) is 75.5 cm³/mol. The number of aromatic nitrogens is 1. The van der Waals surface area contributed by atoms with Gasteiger partial charge in [-0.15, -0.1) is 0 Å². The summed E-state index contributed by atoms with van der Waals surface area (Å²) < 4.78 is 0.983. The van der Waals surface area contributed by atoms with Crippen molar-refractivity contribution in [2.24, 2.45) is 5.73 Å². The maximum absolute atomic E-state index is 11.2. The first-order valence-corrected chi connectivity index (χ1v) is 7.05. The fourth-order valence-electron chi connectivity index (χ4n) is 2.47. The molecule has 0 aromatic carbocycles. The second-order valence-electron chi connectivity index (χ2n) is 4.77. The number of nitrogens with zero attached hydrogens (tertiary/aromatic N) is 2. The largest absolute Gasteiger partial charge is 0.368 e. The lowest BCUT2D eigenvalue weighted by atomic mass is 10.2. The van der Waals surface area contributed by atoms with E-state index >= 15 is 0 Å². The van der Waals surface area contributed by atoms with E-state index in [2.05, 4.69) is 25.8 Å². The second-order valence-corrected chi connectivity index (χ2v) is 5.62. The van der Waals surface area contributed by atoms with Gasteiger partial charge in [0.05, 0.1) is 12.2 Å². The van der Waals surface area contributed by atoms with Gasteiger partial charge in [-0.05, 0) is 47.8 Å². The first-order chi connectivity index (χ1) is 8.58. The van der Waals surface area contributed by atoms with Crippen LogP contribution in [0, 0.1) is 6.92 Å². The number of anilines is 1. The van der Waals surface area contributed by atoms with Crippen molar-refractivity contribution >= 4 is 27.7 Å². The van der Waals surface area contributed by atoms with Crippen LogP contribution in [-0.4, -0.2) is 23.5 Å². The van der Waals surface area contributed by atoms with Crippen molar-refractivity contribution < 1.29 is 4.79 Å². The molecule has 0 saturated heterocycles. The number of carbonyl (C=O) groups excluding carboxylic acids is 1. The number of hydrogen-bond acceptors (Lipinski definition) is 3. The fourth-order valence-corrected chi connectivity index (χ4v) is 2.69. The summed E-state index contributed by atoms with van der Waals surface area (Å²) >= 11 is 3.44. The SMILES string of the molecule is Cc1nc(N(CC(N)=O)C2CCCC2)ccc1Br. The van der Waals surface area contributed by atoms with Crippen LogP contribution in [0.15, 0.2) is 16.6 Å². The topological polar surface area (TPSA) is 59.2 Å². The Morgan fingerprint density at radius 3 is 2.72 bits per heavy atom. The number of halogens is 1. The van der Waals surface area contributed by atoms with Crippen molar-refractivity contribution in [2.45, 2.75) is 38.6 Å². The van der Waals surface area contributed by atoms with Crippen molar-refractivity contribution in [1.29, 1.82) is 0 Å². The van der Waals surface area contributed by atoms with Crippen molar-refractivity contribution in [3.63, 3.8) is 0 Å². The van der Waals surface area contributed by atoms with E-state index in [0.717, 1.165) is 28.8 Å². The summed E-state index contributed by atoms with van der Waals surface area (Å²) in [5.41, 5.74) is 6.28. The molecule has 1 aromatic heterocycles. The molecule has 0 aliphatic heterocycles. The Labute approximate surface area is 116 Å². The molecular weight excluding hydrogens is 294 g/mol. The third-order valence-electron chi connectivity index (χ3n) is 3.39. The van der Waals surface area contributed by atoms with Crippen molar-refractivity contribution in [1.82, 2.24) is 4.98 Å². The lowest BCUT2D eigenvalue weighted by molar-refractivity contribution is -0.116. The molecule has 1 fully saturated rings. The molecule has 1 amide bonds. The van der Waals surface area contributed by atoms with Crippen LogP contribution in [0.2, 0.25) is 0 Å². The molecule has 18 heavy (non-hydrogen) atoms. The fraction of sp³-hybridized carbons (Fsp3) is 0.538. The van der Waals surface area contributed by atoms with Crippen LogP contribution in [0.1, 0.15) is 31.4 Å². The molecule has 0 spiro atoms.